The molecule has 1 unspecified atom stereocenters. The van der Waals surface area contributed by atoms with Crippen molar-refractivity contribution in [2.75, 3.05) is 17.2 Å². The molecule has 2 amide bonds. The molecule has 9 heteroatoms. The molecule has 1 atom stereocenters. The fraction of sp³-hybridized carbons (Fsp3) is 0.423. The Labute approximate surface area is 206 Å². The number of aromatic nitrogens is 2. The molecule has 0 bridgehead atoms. The van der Waals surface area contributed by atoms with Crippen molar-refractivity contribution in [1.82, 2.24) is 9.97 Å². The van der Waals surface area contributed by atoms with E-state index in [1.54, 1.807) is 31.2 Å². The second kappa shape index (κ2) is 15.8. The van der Waals surface area contributed by atoms with E-state index in [0.29, 0.717) is 23.6 Å². The SMILES string of the molecule is CC.CCCCC(CC)COC(=O)/C(C#N)=C\c1ccc(NC(=O)Nc2nc(C)cc(=O)[nH]2)cc1. The van der Waals surface area contributed by atoms with Crippen LogP contribution in [0.1, 0.15) is 64.6 Å². The highest BCUT2D eigenvalue weighted by Crippen LogP contribution is 2.16. The van der Waals surface area contributed by atoms with Crippen LogP contribution in [-0.2, 0) is 9.53 Å². The Morgan fingerprint density at radius 1 is 1.20 bits per heavy atom. The Morgan fingerprint density at radius 2 is 1.89 bits per heavy atom. The van der Waals surface area contributed by atoms with E-state index in [-0.39, 0.29) is 23.0 Å². The molecule has 0 fully saturated rings. The Kier molecular flexibility index (Phi) is 13.2. The minimum atomic E-state index is -0.645. The van der Waals surface area contributed by atoms with Crippen LogP contribution in [0.15, 0.2) is 40.7 Å². The van der Waals surface area contributed by atoms with E-state index in [1.165, 1.54) is 12.1 Å². The molecule has 1 heterocycles. The molecule has 3 N–H and O–H groups in total. The van der Waals surface area contributed by atoms with Crippen LogP contribution in [0.5, 0.6) is 0 Å². The van der Waals surface area contributed by atoms with Crippen molar-refractivity contribution >= 4 is 29.7 Å². The van der Waals surface area contributed by atoms with Gasteiger partial charge in [-0.15, -0.1) is 0 Å². The van der Waals surface area contributed by atoms with E-state index in [1.807, 2.05) is 19.9 Å². The molecular weight excluding hydrogens is 446 g/mol. The number of nitriles is 1. The maximum Gasteiger partial charge on any atom is 0.348 e. The number of hydrogen-bond donors (Lipinski definition) is 3. The van der Waals surface area contributed by atoms with Crippen LogP contribution in [0, 0.1) is 24.2 Å². The lowest BCUT2D eigenvalue weighted by Crippen LogP contribution is -2.23. The van der Waals surface area contributed by atoms with Crippen molar-refractivity contribution in [3.8, 4) is 6.07 Å². The van der Waals surface area contributed by atoms with Gasteiger partial charge in [0.2, 0.25) is 5.95 Å². The summed E-state index contributed by atoms with van der Waals surface area (Å²) in [5.74, 6) is -0.318. The first-order valence-electron chi connectivity index (χ1n) is 11.9. The summed E-state index contributed by atoms with van der Waals surface area (Å²) in [4.78, 5) is 42.3. The summed E-state index contributed by atoms with van der Waals surface area (Å²) in [6.07, 6.45) is 5.51. The van der Waals surface area contributed by atoms with Gasteiger partial charge in [0.25, 0.3) is 5.56 Å². The van der Waals surface area contributed by atoms with Gasteiger partial charge in [-0.2, -0.15) is 5.26 Å². The second-order valence-electron chi connectivity index (χ2n) is 7.62. The number of nitrogens with zero attached hydrogens (tertiary/aromatic N) is 2. The maximum atomic E-state index is 12.3. The van der Waals surface area contributed by atoms with E-state index in [4.69, 9.17) is 4.74 Å². The lowest BCUT2D eigenvalue weighted by molar-refractivity contribution is -0.139. The molecule has 0 aliphatic rings. The smallest absolute Gasteiger partial charge is 0.348 e. The first-order chi connectivity index (χ1) is 16.8. The molecule has 0 radical (unpaired) electrons. The number of amides is 2. The van der Waals surface area contributed by atoms with Gasteiger partial charge in [-0.25, -0.2) is 14.6 Å². The van der Waals surface area contributed by atoms with Gasteiger partial charge < -0.3 is 10.1 Å². The molecule has 0 aliphatic heterocycles. The van der Waals surface area contributed by atoms with Crippen LogP contribution >= 0.6 is 0 Å². The number of rotatable bonds is 10. The maximum absolute atomic E-state index is 12.3. The Balaban J connectivity index is 0.00000298. The quantitative estimate of drug-likeness (QED) is 0.235. The fourth-order valence-corrected chi connectivity index (χ4v) is 3.04. The molecule has 1 aromatic carbocycles. The number of ether oxygens (including phenoxy) is 1. The number of H-pyrrole nitrogens is 1. The zero-order chi connectivity index (χ0) is 26.2. The van der Waals surface area contributed by atoms with Gasteiger partial charge in [-0.05, 0) is 43.0 Å². The Hall–Kier alpha value is -3.93. The van der Waals surface area contributed by atoms with Gasteiger partial charge in [0.05, 0.1) is 6.61 Å². The number of carbonyl (C=O) groups is 2. The van der Waals surface area contributed by atoms with Gasteiger partial charge >= 0.3 is 12.0 Å². The number of aromatic amines is 1. The molecular formula is C26H35N5O4. The van der Waals surface area contributed by atoms with Gasteiger partial charge in [-0.3, -0.25) is 15.1 Å². The number of aryl methyl sites for hydroxylation is 1. The van der Waals surface area contributed by atoms with E-state index in [2.05, 4.69) is 34.4 Å². The van der Waals surface area contributed by atoms with E-state index < -0.39 is 12.0 Å². The van der Waals surface area contributed by atoms with E-state index in [0.717, 1.165) is 25.7 Å². The summed E-state index contributed by atoms with van der Waals surface area (Å²) >= 11 is 0. The molecule has 0 aliphatic carbocycles. The van der Waals surface area contributed by atoms with Crippen LogP contribution in [0.25, 0.3) is 6.08 Å². The zero-order valence-corrected chi connectivity index (χ0v) is 21.1. The number of urea groups is 1. The van der Waals surface area contributed by atoms with Crippen molar-refractivity contribution in [1.29, 1.82) is 5.26 Å². The molecule has 188 valence electrons. The number of hydrogen-bond acceptors (Lipinski definition) is 6. The standard InChI is InChI=1S/C24H29N5O4.C2H6/c1-4-6-7-17(5-2)15-33-22(31)19(14-25)13-18-8-10-20(11-9-18)27-24(32)29-23-26-16(3)12-21(30)28-23;1-2/h8-13,17H,4-7,15H2,1-3H3,(H3,26,27,28,29,30,32);1-2H3/b19-13-;. The first-order valence-corrected chi connectivity index (χ1v) is 11.9. The topological polar surface area (TPSA) is 137 Å². The predicted molar refractivity (Wildman–Crippen MR) is 138 cm³/mol. The van der Waals surface area contributed by atoms with Crippen LogP contribution in [-0.4, -0.2) is 28.6 Å². The Bertz CT molecular complexity index is 1080. The zero-order valence-electron chi connectivity index (χ0n) is 21.1. The van der Waals surface area contributed by atoms with Crippen molar-refractivity contribution in [3.05, 3.63) is 57.5 Å². The number of anilines is 2. The van der Waals surface area contributed by atoms with Crippen molar-refractivity contribution in [3.63, 3.8) is 0 Å². The number of carbonyl (C=O) groups excluding carboxylic acids is 2. The normalized spacial score (nSPS) is 11.4. The number of benzene rings is 1. The summed E-state index contributed by atoms with van der Waals surface area (Å²) in [6.45, 7) is 10.1. The second-order valence-corrected chi connectivity index (χ2v) is 7.62. The van der Waals surface area contributed by atoms with Crippen LogP contribution in [0.3, 0.4) is 0 Å². The lowest BCUT2D eigenvalue weighted by atomic mass is 10.0. The monoisotopic (exact) mass is 481 g/mol. The molecule has 35 heavy (non-hydrogen) atoms. The van der Waals surface area contributed by atoms with Crippen molar-refractivity contribution < 1.29 is 14.3 Å². The minimum absolute atomic E-state index is 0.0363. The van der Waals surface area contributed by atoms with Gasteiger partial charge in [0.15, 0.2) is 0 Å². The highest BCUT2D eigenvalue weighted by atomic mass is 16.5. The summed E-state index contributed by atoms with van der Waals surface area (Å²) in [5.41, 5.74) is 1.10. The van der Waals surface area contributed by atoms with Gasteiger partial charge in [0, 0.05) is 17.4 Å². The van der Waals surface area contributed by atoms with Crippen molar-refractivity contribution in [2.45, 2.75) is 60.3 Å². The third-order valence-electron chi connectivity index (χ3n) is 4.91. The average molecular weight is 482 g/mol. The highest BCUT2D eigenvalue weighted by Gasteiger charge is 2.14. The largest absolute Gasteiger partial charge is 0.461 e. The third-order valence-corrected chi connectivity index (χ3v) is 4.91. The third kappa shape index (κ3) is 10.7. The Morgan fingerprint density at radius 3 is 2.46 bits per heavy atom. The summed E-state index contributed by atoms with van der Waals surface area (Å²) < 4.78 is 5.34. The van der Waals surface area contributed by atoms with Crippen LogP contribution in [0.4, 0.5) is 16.4 Å². The van der Waals surface area contributed by atoms with E-state index >= 15 is 0 Å². The molecule has 0 saturated carbocycles. The molecule has 2 rings (SSSR count). The molecule has 0 spiro atoms. The number of esters is 1. The minimum Gasteiger partial charge on any atom is -0.461 e. The molecule has 2 aromatic rings. The molecule has 1 aromatic heterocycles. The summed E-state index contributed by atoms with van der Waals surface area (Å²) in [6, 6.07) is 9.18. The number of nitrogens with one attached hydrogen (secondary N) is 3. The highest BCUT2D eigenvalue weighted by molar-refractivity contribution is 5.99. The van der Waals surface area contributed by atoms with Crippen molar-refractivity contribution in [2.24, 2.45) is 5.92 Å². The van der Waals surface area contributed by atoms with E-state index in [9.17, 15) is 19.6 Å². The fourth-order valence-electron chi connectivity index (χ4n) is 3.04. The lowest BCUT2D eigenvalue weighted by Gasteiger charge is -2.14. The van der Waals surface area contributed by atoms with Crippen LogP contribution in [0.2, 0.25) is 0 Å². The van der Waals surface area contributed by atoms with Gasteiger partial charge in [0.1, 0.15) is 11.6 Å². The van der Waals surface area contributed by atoms with Crippen LogP contribution < -0.4 is 16.2 Å². The molecule has 9 nitrogen and oxygen atoms in total. The predicted octanol–water partition coefficient (Wildman–Crippen LogP) is 5.42. The summed E-state index contributed by atoms with van der Waals surface area (Å²) in [7, 11) is 0. The first kappa shape index (κ1) is 29.1. The average Bonchev–Trinajstić information content (AvgIpc) is 2.84. The molecule has 0 saturated heterocycles. The summed E-state index contributed by atoms with van der Waals surface area (Å²) in [5, 5.41) is 14.4. The number of unbranched alkanes of at least 4 members (excludes halogenated alkanes) is 1. The van der Waals surface area contributed by atoms with Gasteiger partial charge in [-0.1, -0.05) is 59.1 Å².